The quantitative estimate of drug-likeness (QED) is 0.899. The molecule has 0 radical (unpaired) electrons. The van der Waals surface area contributed by atoms with E-state index in [-0.39, 0.29) is 24.8 Å². The van der Waals surface area contributed by atoms with Gasteiger partial charge < -0.3 is 15.5 Å². The van der Waals surface area contributed by atoms with Crippen molar-refractivity contribution in [2.45, 2.75) is 6.42 Å². The molecule has 21 heavy (non-hydrogen) atoms. The van der Waals surface area contributed by atoms with Crippen LogP contribution in [0, 0.1) is 5.92 Å². The van der Waals surface area contributed by atoms with E-state index in [1.165, 1.54) is 9.80 Å². The first kappa shape index (κ1) is 15.3. The molecular weight excluding hydrogens is 294 g/mol. The van der Waals surface area contributed by atoms with Gasteiger partial charge in [-0.3, -0.25) is 14.4 Å². The maximum Gasteiger partial charge on any atom is 0.255 e. The predicted octanol–water partition coefficient (Wildman–Crippen LogP) is 0.880. The van der Waals surface area contributed by atoms with Crippen molar-refractivity contribution in [3.05, 3.63) is 28.8 Å². The summed E-state index contributed by atoms with van der Waals surface area (Å²) in [5, 5.41) is 0.413. The lowest BCUT2D eigenvalue weighted by Gasteiger charge is -2.21. The molecule has 2 rings (SSSR count). The molecule has 3 amide bonds. The minimum Gasteiger partial charge on any atom is -0.369 e. The highest BCUT2D eigenvalue weighted by Gasteiger charge is 2.35. The van der Waals surface area contributed by atoms with E-state index < -0.39 is 11.8 Å². The van der Waals surface area contributed by atoms with Crippen molar-refractivity contribution >= 4 is 35.0 Å². The van der Waals surface area contributed by atoms with Crippen molar-refractivity contribution in [3.8, 4) is 0 Å². The monoisotopic (exact) mass is 309 g/mol. The zero-order valence-electron chi connectivity index (χ0n) is 11.8. The van der Waals surface area contributed by atoms with Crippen LogP contribution in [0.5, 0.6) is 0 Å². The van der Waals surface area contributed by atoms with Gasteiger partial charge >= 0.3 is 0 Å². The second-order valence-electron chi connectivity index (χ2n) is 5.17. The molecule has 1 aliphatic heterocycles. The number of hydrogen-bond donors (Lipinski definition) is 1. The Morgan fingerprint density at radius 1 is 1.38 bits per heavy atom. The van der Waals surface area contributed by atoms with Crippen molar-refractivity contribution in [2.75, 3.05) is 25.5 Å². The van der Waals surface area contributed by atoms with Crippen LogP contribution in [0.3, 0.4) is 0 Å². The normalized spacial score (nSPS) is 18.0. The second-order valence-corrected chi connectivity index (χ2v) is 5.61. The SMILES string of the molecule is CN(C)C(=O)c1ccc(Cl)cc1N1CC(C(N)=O)CC1=O. The average molecular weight is 310 g/mol. The van der Waals surface area contributed by atoms with Crippen molar-refractivity contribution in [3.63, 3.8) is 0 Å². The number of hydrogen-bond acceptors (Lipinski definition) is 3. The Morgan fingerprint density at radius 3 is 2.57 bits per heavy atom. The molecule has 0 saturated carbocycles. The highest BCUT2D eigenvalue weighted by molar-refractivity contribution is 6.31. The van der Waals surface area contributed by atoms with Gasteiger partial charge in [0, 0.05) is 32.1 Å². The Bertz CT molecular complexity index is 615. The lowest BCUT2D eigenvalue weighted by atomic mass is 10.1. The molecule has 1 heterocycles. The number of rotatable bonds is 3. The van der Waals surface area contributed by atoms with Gasteiger partial charge in [-0.1, -0.05) is 11.6 Å². The third kappa shape index (κ3) is 3.00. The molecule has 6 nitrogen and oxygen atoms in total. The highest BCUT2D eigenvalue weighted by Crippen LogP contribution is 2.31. The zero-order valence-corrected chi connectivity index (χ0v) is 12.6. The standard InChI is InChI=1S/C14H16ClN3O3/c1-17(2)14(21)10-4-3-9(15)6-11(10)18-7-8(13(16)20)5-12(18)19/h3-4,6,8H,5,7H2,1-2H3,(H2,16,20). The van der Waals surface area contributed by atoms with Crippen molar-refractivity contribution in [1.29, 1.82) is 0 Å². The molecule has 0 aromatic heterocycles. The number of nitrogens with two attached hydrogens (primary N) is 1. The van der Waals surface area contributed by atoms with E-state index in [9.17, 15) is 14.4 Å². The number of amides is 3. The van der Waals surface area contributed by atoms with Gasteiger partial charge in [-0.25, -0.2) is 0 Å². The number of primary amides is 1. The number of halogens is 1. The molecular formula is C14H16ClN3O3. The topological polar surface area (TPSA) is 83.7 Å². The first-order chi connectivity index (χ1) is 9.81. The van der Waals surface area contributed by atoms with Crippen molar-refractivity contribution < 1.29 is 14.4 Å². The summed E-state index contributed by atoms with van der Waals surface area (Å²) in [4.78, 5) is 38.4. The number of benzene rings is 1. The molecule has 0 aliphatic carbocycles. The Balaban J connectivity index is 2.43. The zero-order chi connectivity index (χ0) is 15.7. The number of anilines is 1. The first-order valence-corrected chi connectivity index (χ1v) is 6.80. The molecule has 1 fully saturated rings. The first-order valence-electron chi connectivity index (χ1n) is 6.42. The van der Waals surface area contributed by atoms with Gasteiger partial charge in [0.1, 0.15) is 0 Å². The van der Waals surface area contributed by atoms with Gasteiger partial charge in [0.15, 0.2) is 0 Å². The van der Waals surface area contributed by atoms with Crippen molar-refractivity contribution in [1.82, 2.24) is 4.90 Å². The van der Waals surface area contributed by atoms with Gasteiger partial charge in [-0.15, -0.1) is 0 Å². The van der Waals surface area contributed by atoms with Crippen LogP contribution in [0.2, 0.25) is 5.02 Å². The molecule has 0 spiro atoms. The van der Waals surface area contributed by atoms with E-state index in [0.29, 0.717) is 16.3 Å². The summed E-state index contributed by atoms with van der Waals surface area (Å²) in [6, 6.07) is 4.72. The molecule has 0 bridgehead atoms. The summed E-state index contributed by atoms with van der Waals surface area (Å²) in [6.07, 6.45) is 0.0530. The molecule has 1 atom stereocenters. The van der Waals surface area contributed by atoms with Crippen molar-refractivity contribution in [2.24, 2.45) is 11.7 Å². The number of carbonyl (C=O) groups excluding carboxylic acids is 3. The second kappa shape index (κ2) is 5.73. The summed E-state index contributed by atoms with van der Waals surface area (Å²) in [5.41, 5.74) is 6.03. The molecule has 112 valence electrons. The fourth-order valence-electron chi connectivity index (χ4n) is 2.28. The van der Waals surface area contributed by atoms with E-state index >= 15 is 0 Å². The van der Waals surface area contributed by atoms with E-state index in [1.54, 1.807) is 32.3 Å². The lowest BCUT2D eigenvalue weighted by molar-refractivity contribution is -0.123. The fourth-order valence-corrected chi connectivity index (χ4v) is 2.45. The number of carbonyl (C=O) groups is 3. The summed E-state index contributed by atoms with van der Waals surface area (Å²) < 4.78 is 0. The average Bonchev–Trinajstić information content (AvgIpc) is 2.80. The molecule has 1 unspecified atom stereocenters. The Morgan fingerprint density at radius 2 is 2.05 bits per heavy atom. The summed E-state index contributed by atoms with van der Waals surface area (Å²) in [7, 11) is 3.25. The lowest BCUT2D eigenvalue weighted by Crippen LogP contribution is -2.31. The van der Waals surface area contributed by atoms with Gasteiger partial charge in [-0.05, 0) is 18.2 Å². The van der Waals surface area contributed by atoms with E-state index in [0.717, 1.165) is 0 Å². The molecule has 1 aliphatic rings. The third-order valence-corrected chi connectivity index (χ3v) is 3.65. The largest absolute Gasteiger partial charge is 0.369 e. The summed E-state index contributed by atoms with van der Waals surface area (Å²) in [6.45, 7) is 0.169. The van der Waals surface area contributed by atoms with Crippen LogP contribution in [-0.2, 0) is 9.59 Å². The van der Waals surface area contributed by atoms with Crippen LogP contribution < -0.4 is 10.6 Å². The van der Waals surface area contributed by atoms with Gasteiger partial charge in [0.2, 0.25) is 11.8 Å². The molecule has 1 saturated heterocycles. The number of nitrogens with zero attached hydrogens (tertiary/aromatic N) is 2. The Hall–Kier alpha value is -2.08. The van der Waals surface area contributed by atoms with E-state index in [2.05, 4.69) is 0 Å². The maximum absolute atomic E-state index is 12.2. The van der Waals surface area contributed by atoms with Crippen LogP contribution in [0.4, 0.5) is 5.69 Å². The fraction of sp³-hybridized carbons (Fsp3) is 0.357. The van der Waals surface area contributed by atoms with Gasteiger partial charge in [-0.2, -0.15) is 0 Å². The van der Waals surface area contributed by atoms with Crippen LogP contribution in [0.25, 0.3) is 0 Å². The highest BCUT2D eigenvalue weighted by atomic mass is 35.5. The van der Waals surface area contributed by atoms with Gasteiger partial charge in [0.05, 0.1) is 17.2 Å². The summed E-state index contributed by atoms with van der Waals surface area (Å²) >= 11 is 5.97. The molecule has 1 aromatic carbocycles. The third-order valence-electron chi connectivity index (χ3n) is 3.41. The van der Waals surface area contributed by atoms with Gasteiger partial charge in [0.25, 0.3) is 5.91 Å². The van der Waals surface area contributed by atoms with E-state index in [4.69, 9.17) is 17.3 Å². The Labute approximate surface area is 127 Å². The van der Waals surface area contributed by atoms with Crippen LogP contribution in [0.1, 0.15) is 16.8 Å². The summed E-state index contributed by atoms with van der Waals surface area (Å²) in [5.74, 6) is -1.54. The smallest absolute Gasteiger partial charge is 0.255 e. The molecule has 2 N–H and O–H groups in total. The molecule has 1 aromatic rings. The van der Waals surface area contributed by atoms with Crippen LogP contribution >= 0.6 is 11.6 Å². The molecule has 7 heteroatoms. The Kier molecular flexibility index (Phi) is 4.18. The minimum atomic E-state index is -0.543. The predicted molar refractivity (Wildman–Crippen MR) is 79.1 cm³/mol. The van der Waals surface area contributed by atoms with Crippen LogP contribution in [-0.4, -0.2) is 43.3 Å². The van der Waals surface area contributed by atoms with Crippen LogP contribution in [0.15, 0.2) is 18.2 Å². The van der Waals surface area contributed by atoms with E-state index in [1.807, 2.05) is 0 Å². The maximum atomic E-state index is 12.2. The minimum absolute atomic E-state index is 0.0530.